The molecule has 0 bridgehead atoms. The molecule has 0 aromatic heterocycles. The lowest BCUT2D eigenvalue weighted by atomic mass is 10.0. The van der Waals surface area contributed by atoms with Gasteiger partial charge in [-0.25, -0.2) is 0 Å². The van der Waals surface area contributed by atoms with Crippen LogP contribution in [0.1, 0.15) is 34.3 Å². The summed E-state index contributed by atoms with van der Waals surface area (Å²) in [6.07, 6.45) is 0.190. The highest BCUT2D eigenvalue weighted by Gasteiger charge is 2.15. The molecule has 0 saturated heterocycles. The smallest absolute Gasteiger partial charge is 0.224 e. The van der Waals surface area contributed by atoms with Crippen LogP contribution in [0, 0.1) is 13.8 Å². The lowest BCUT2D eigenvalue weighted by molar-refractivity contribution is -0.116. The summed E-state index contributed by atoms with van der Waals surface area (Å²) in [6.45, 7) is 3.89. The summed E-state index contributed by atoms with van der Waals surface area (Å²) < 4.78 is 5.17. The number of ether oxygens (including phenoxy) is 1. The maximum absolute atomic E-state index is 12.3. The van der Waals surface area contributed by atoms with E-state index in [2.05, 4.69) is 5.32 Å². The number of benzene rings is 2. The number of carbonyl (C=O) groups is 2. The fourth-order valence-electron chi connectivity index (χ4n) is 2.34. The van der Waals surface area contributed by atoms with Crippen LogP contribution in [0.3, 0.4) is 0 Å². The lowest BCUT2D eigenvalue weighted by Crippen LogP contribution is -2.14. The van der Waals surface area contributed by atoms with Crippen LogP contribution in [-0.2, 0) is 4.79 Å². The minimum Gasteiger partial charge on any atom is -0.496 e. The van der Waals surface area contributed by atoms with E-state index in [9.17, 15) is 9.59 Å². The van der Waals surface area contributed by atoms with Gasteiger partial charge in [-0.2, -0.15) is 0 Å². The Balaban J connectivity index is 2.00. The maximum atomic E-state index is 12.3. The van der Waals surface area contributed by atoms with E-state index < -0.39 is 0 Å². The van der Waals surface area contributed by atoms with E-state index in [1.165, 1.54) is 7.11 Å². The number of aryl methyl sites for hydroxylation is 2. The lowest BCUT2D eigenvalue weighted by Gasteiger charge is -2.10. The molecule has 0 saturated carbocycles. The topological polar surface area (TPSA) is 55.4 Å². The second kappa shape index (κ2) is 7.97. The predicted molar refractivity (Wildman–Crippen MR) is 96.1 cm³/mol. The largest absolute Gasteiger partial charge is 0.496 e. The number of rotatable bonds is 6. The molecule has 0 radical (unpaired) electrons. The van der Waals surface area contributed by atoms with Crippen molar-refractivity contribution in [1.29, 1.82) is 0 Å². The van der Waals surface area contributed by atoms with Crippen molar-refractivity contribution in [2.45, 2.75) is 26.7 Å². The van der Waals surface area contributed by atoms with Crippen molar-refractivity contribution < 1.29 is 14.3 Å². The number of ketones is 1. The molecule has 0 aliphatic heterocycles. The van der Waals surface area contributed by atoms with Crippen molar-refractivity contribution in [3.05, 3.63) is 58.1 Å². The molecule has 4 nitrogen and oxygen atoms in total. The SMILES string of the molecule is COc1ccc(Cl)cc1C(=O)CCC(=O)Nc1cc(C)ccc1C. The van der Waals surface area contributed by atoms with Crippen LogP contribution in [0.4, 0.5) is 5.69 Å². The first-order chi connectivity index (χ1) is 11.4. The normalized spacial score (nSPS) is 10.3. The van der Waals surface area contributed by atoms with Gasteiger partial charge >= 0.3 is 0 Å². The van der Waals surface area contributed by atoms with Gasteiger partial charge in [-0.3, -0.25) is 9.59 Å². The molecule has 1 N–H and O–H groups in total. The number of hydrogen-bond acceptors (Lipinski definition) is 3. The molecule has 0 heterocycles. The predicted octanol–water partition coefficient (Wildman–Crippen LogP) is 4.57. The molecule has 126 valence electrons. The Morgan fingerprint density at radius 1 is 1.08 bits per heavy atom. The van der Waals surface area contributed by atoms with E-state index in [4.69, 9.17) is 16.3 Å². The van der Waals surface area contributed by atoms with Crippen molar-refractivity contribution in [2.75, 3.05) is 12.4 Å². The van der Waals surface area contributed by atoms with Crippen molar-refractivity contribution in [3.63, 3.8) is 0 Å². The molecule has 2 rings (SSSR count). The first kappa shape index (κ1) is 18.0. The zero-order valence-corrected chi connectivity index (χ0v) is 14.7. The third-order valence-electron chi connectivity index (χ3n) is 3.71. The zero-order valence-electron chi connectivity index (χ0n) is 14.0. The number of halogens is 1. The molecule has 0 atom stereocenters. The van der Waals surface area contributed by atoms with E-state index in [0.29, 0.717) is 16.3 Å². The van der Waals surface area contributed by atoms with Crippen LogP contribution < -0.4 is 10.1 Å². The summed E-state index contributed by atoms with van der Waals surface area (Å²) in [4.78, 5) is 24.4. The number of amides is 1. The molecule has 2 aromatic carbocycles. The molecule has 0 spiro atoms. The monoisotopic (exact) mass is 345 g/mol. The summed E-state index contributed by atoms with van der Waals surface area (Å²) in [5.41, 5.74) is 3.21. The molecular weight excluding hydrogens is 326 g/mol. The van der Waals surface area contributed by atoms with Gasteiger partial charge in [0.15, 0.2) is 5.78 Å². The fourth-order valence-corrected chi connectivity index (χ4v) is 2.52. The van der Waals surface area contributed by atoms with Gasteiger partial charge in [0.1, 0.15) is 5.75 Å². The molecule has 5 heteroatoms. The van der Waals surface area contributed by atoms with Crippen LogP contribution in [-0.4, -0.2) is 18.8 Å². The quantitative estimate of drug-likeness (QED) is 0.780. The van der Waals surface area contributed by atoms with Gasteiger partial charge in [-0.05, 0) is 49.2 Å². The number of anilines is 1. The van der Waals surface area contributed by atoms with Gasteiger partial charge in [0.25, 0.3) is 0 Å². The first-order valence-electron chi connectivity index (χ1n) is 7.64. The molecule has 1 amide bonds. The first-order valence-corrected chi connectivity index (χ1v) is 8.02. The van der Waals surface area contributed by atoms with Gasteiger partial charge in [0, 0.05) is 23.6 Å². The van der Waals surface area contributed by atoms with E-state index in [-0.39, 0.29) is 24.5 Å². The molecule has 0 unspecified atom stereocenters. The Hall–Kier alpha value is -2.33. The Morgan fingerprint density at radius 2 is 1.83 bits per heavy atom. The second-order valence-corrected chi connectivity index (χ2v) is 6.07. The Morgan fingerprint density at radius 3 is 2.54 bits per heavy atom. The minimum atomic E-state index is -0.196. The molecule has 2 aromatic rings. The Kier molecular flexibility index (Phi) is 5.99. The van der Waals surface area contributed by atoms with Gasteiger partial charge in [0.05, 0.1) is 12.7 Å². The molecule has 0 aliphatic rings. The Bertz CT molecular complexity index is 771. The maximum Gasteiger partial charge on any atom is 0.224 e. The fraction of sp³-hybridized carbons (Fsp3) is 0.263. The average molecular weight is 346 g/mol. The number of nitrogens with one attached hydrogen (secondary N) is 1. The summed E-state index contributed by atoms with van der Waals surface area (Å²) in [5.74, 6) is 0.0860. The molecule has 0 aliphatic carbocycles. The van der Waals surface area contributed by atoms with E-state index in [1.807, 2.05) is 32.0 Å². The van der Waals surface area contributed by atoms with Crippen LogP contribution >= 0.6 is 11.6 Å². The molecular formula is C19H20ClNO3. The van der Waals surface area contributed by atoms with Crippen LogP contribution in [0.15, 0.2) is 36.4 Å². The van der Waals surface area contributed by atoms with Crippen molar-refractivity contribution in [2.24, 2.45) is 0 Å². The van der Waals surface area contributed by atoms with E-state index in [1.54, 1.807) is 18.2 Å². The Labute approximate surface area is 146 Å². The van der Waals surface area contributed by atoms with Gasteiger partial charge in [-0.15, -0.1) is 0 Å². The van der Waals surface area contributed by atoms with Crippen LogP contribution in [0.25, 0.3) is 0 Å². The summed E-state index contributed by atoms with van der Waals surface area (Å²) in [7, 11) is 1.49. The highest BCUT2D eigenvalue weighted by Crippen LogP contribution is 2.24. The highest BCUT2D eigenvalue weighted by atomic mass is 35.5. The third kappa shape index (κ3) is 4.59. The van der Waals surface area contributed by atoms with Crippen molar-refractivity contribution in [1.82, 2.24) is 0 Å². The summed E-state index contributed by atoms with van der Waals surface area (Å²) >= 11 is 5.93. The van der Waals surface area contributed by atoms with Crippen molar-refractivity contribution >= 4 is 29.0 Å². The van der Waals surface area contributed by atoms with E-state index >= 15 is 0 Å². The highest BCUT2D eigenvalue weighted by molar-refractivity contribution is 6.31. The summed E-state index contributed by atoms with van der Waals surface area (Å²) in [6, 6.07) is 10.7. The minimum absolute atomic E-state index is 0.0907. The number of carbonyl (C=O) groups excluding carboxylic acids is 2. The standard InChI is InChI=1S/C19H20ClNO3/c1-12-4-5-13(2)16(10-12)21-19(23)9-7-17(22)15-11-14(20)6-8-18(15)24-3/h4-6,8,10-11H,7,9H2,1-3H3,(H,21,23). The van der Waals surface area contributed by atoms with Crippen molar-refractivity contribution in [3.8, 4) is 5.75 Å². The number of Topliss-reactive ketones (excluding diaryl/α,β-unsaturated/α-hetero) is 1. The summed E-state index contributed by atoms with van der Waals surface area (Å²) in [5, 5.41) is 3.31. The second-order valence-electron chi connectivity index (χ2n) is 5.63. The number of methoxy groups -OCH3 is 1. The zero-order chi connectivity index (χ0) is 17.7. The third-order valence-corrected chi connectivity index (χ3v) is 3.94. The molecule has 0 fully saturated rings. The van der Waals surface area contributed by atoms with Gasteiger partial charge in [-0.1, -0.05) is 23.7 Å². The van der Waals surface area contributed by atoms with Gasteiger partial charge in [0.2, 0.25) is 5.91 Å². The molecule has 24 heavy (non-hydrogen) atoms. The average Bonchev–Trinajstić information content (AvgIpc) is 2.56. The van der Waals surface area contributed by atoms with Gasteiger partial charge < -0.3 is 10.1 Å². The number of hydrogen-bond donors (Lipinski definition) is 1. The van der Waals surface area contributed by atoms with E-state index in [0.717, 1.165) is 16.8 Å². The van der Waals surface area contributed by atoms with Crippen LogP contribution in [0.5, 0.6) is 5.75 Å². The van der Waals surface area contributed by atoms with Crippen LogP contribution in [0.2, 0.25) is 5.02 Å².